The maximum atomic E-state index is 5.92. The highest BCUT2D eigenvalue weighted by molar-refractivity contribution is 9.11. The number of thiophene rings is 1. The van der Waals surface area contributed by atoms with Crippen LogP contribution < -0.4 is 0 Å². The van der Waals surface area contributed by atoms with Crippen LogP contribution in [0.2, 0.25) is 5.02 Å². The molecule has 0 atom stereocenters. The van der Waals surface area contributed by atoms with Gasteiger partial charge in [0.25, 0.3) is 0 Å². The summed E-state index contributed by atoms with van der Waals surface area (Å²) in [5, 5.41) is 7.51. The Bertz CT molecular complexity index is 633. The first-order chi connectivity index (χ1) is 10.7. The molecule has 0 aliphatic carbocycles. The first-order valence-corrected chi connectivity index (χ1v) is 9.19. The number of hydrazone groups is 1. The Kier molecular flexibility index (Phi) is 5.52. The minimum atomic E-state index is 0.795. The molecule has 0 N–H and O–H groups in total. The van der Waals surface area contributed by atoms with E-state index >= 15 is 0 Å². The van der Waals surface area contributed by atoms with Crippen LogP contribution in [0.4, 0.5) is 0 Å². The average Bonchev–Trinajstić information content (AvgIpc) is 2.94. The summed E-state index contributed by atoms with van der Waals surface area (Å²) in [6.45, 7) is 4.99. The van der Waals surface area contributed by atoms with Gasteiger partial charge in [0.1, 0.15) is 0 Å². The summed E-state index contributed by atoms with van der Waals surface area (Å²) in [6.07, 6.45) is 1.95. The lowest BCUT2D eigenvalue weighted by molar-refractivity contribution is 0.131. The molecule has 0 spiro atoms. The molecule has 3 rings (SSSR count). The van der Waals surface area contributed by atoms with Gasteiger partial charge in [-0.3, -0.25) is 9.91 Å². The molecule has 22 heavy (non-hydrogen) atoms. The molecule has 1 aliphatic rings. The number of benzene rings is 1. The molecule has 0 radical (unpaired) electrons. The Morgan fingerprint density at radius 3 is 2.45 bits per heavy atom. The fourth-order valence-electron chi connectivity index (χ4n) is 2.40. The fraction of sp³-hybridized carbons (Fsp3) is 0.312. The molecule has 1 aromatic carbocycles. The summed E-state index contributed by atoms with van der Waals surface area (Å²) in [5.74, 6) is 0. The number of piperazine rings is 1. The molecule has 2 heterocycles. The molecule has 0 saturated carbocycles. The van der Waals surface area contributed by atoms with Crippen LogP contribution in [0.25, 0.3) is 0 Å². The van der Waals surface area contributed by atoms with Crippen LogP contribution in [0.3, 0.4) is 0 Å². The van der Waals surface area contributed by atoms with Gasteiger partial charge in [-0.2, -0.15) is 5.10 Å². The van der Waals surface area contributed by atoms with E-state index in [2.05, 4.69) is 55.2 Å². The van der Waals surface area contributed by atoms with Crippen LogP contribution in [-0.4, -0.2) is 42.3 Å². The van der Waals surface area contributed by atoms with Gasteiger partial charge >= 0.3 is 0 Å². The molecule has 1 fully saturated rings. The third-order valence-electron chi connectivity index (χ3n) is 3.61. The van der Waals surface area contributed by atoms with E-state index < -0.39 is 0 Å². The highest BCUT2D eigenvalue weighted by atomic mass is 79.9. The van der Waals surface area contributed by atoms with Crippen molar-refractivity contribution >= 4 is 45.1 Å². The van der Waals surface area contributed by atoms with Gasteiger partial charge in [0.05, 0.1) is 10.0 Å². The topological polar surface area (TPSA) is 18.8 Å². The SMILES string of the molecule is Clc1ccc(CN2CCN(/N=C/c3ccc(Br)s3)CC2)cc1. The molecule has 6 heteroatoms. The summed E-state index contributed by atoms with van der Waals surface area (Å²) < 4.78 is 1.14. The van der Waals surface area contributed by atoms with Gasteiger partial charge in [0, 0.05) is 42.6 Å². The Morgan fingerprint density at radius 1 is 1.09 bits per heavy atom. The van der Waals surface area contributed by atoms with Gasteiger partial charge < -0.3 is 0 Å². The first kappa shape index (κ1) is 16.0. The van der Waals surface area contributed by atoms with E-state index in [0.29, 0.717) is 0 Å². The minimum Gasteiger partial charge on any atom is -0.295 e. The molecule has 3 nitrogen and oxygen atoms in total. The zero-order valence-corrected chi connectivity index (χ0v) is 15.2. The van der Waals surface area contributed by atoms with Crippen molar-refractivity contribution in [2.24, 2.45) is 5.10 Å². The molecular weight excluding hydrogens is 382 g/mol. The van der Waals surface area contributed by atoms with Crippen molar-refractivity contribution in [3.05, 3.63) is 55.6 Å². The molecule has 0 bridgehead atoms. The summed E-state index contributed by atoms with van der Waals surface area (Å²) in [5.41, 5.74) is 1.31. The second-order valence-electron chi connectivity index (χ2n) is 5.24. The van der Waals surface area contributed by atoms with Crippen LogP contribution in [0, 0.1) is 0 Å². The number of halogens is 2. The zero-order valence-electron chi connectivity index (χ0n) is 12.1. The van der Waals surface area contributed by atoms with E-state index in [1.165, 1.54) is 10.4 Å². The molecule has 0 amide bonds. The Balaban J connectivity index is 1.48. The van der Waals surface area contributed by atoms with Gasteiger partial charge in [0.15, 0.2) is 0 Å². The maximum absolute atomic E-state index is 5.92. The number of nitrogens with zero attached hydrogens (tertiary/aromatic N) is 3. The van der Waals surface area contributed by atoms with Crippen LogP contribution >= 0.6 is 38.9 Å². The van der Waals surface area contributed by atoms with Crippen LogP contribution in [0.15, 0.2) is 45.3 Å². The lowest BCUT2D eigenvalue weighted by Gasteiger charge is -2.33. The molecule has 1 aromatic heterocycles. The molecule has 116 valence electrons. The Hall–Kier alpha value is -0.880. The van der Waals surface area contributed by atoms with Crippen LogP contribution in [-0.2, 0) is 6.54 Å². The quantitative estimate of drug-likeness (QED) is 0.714. The van der Waals surface area contributed by atoms with Crippen molar-refractivity contribution in [2.75, 3.05) is 26.2 Å². The predicted octanol–water partition coefficient (Wildman–Crippen LogP) is 4.32. The second kappa shape index (κ2) is 7.59. The second-order valence-corrected chi connectivity index (χ2v) is 8.17. The minimum absolute atomic E-state index is 0.795. The highest BCUT2D eigenvalue weighted by Gasteiger charge is 2.15. The smallest absolute Gasteiger partial charge is 0.0705 e. The van der Waals surface area contributed by atoms with Gasteiger partial charge in [-0.25, -0.2) is 0 Å². The molecular formula is C16H17BrClN3S. The van der Waals surface area contributed by atoms with E-state index in [0.717, 1.165) is 41.5 Å². The van der Waals surface area contributed by atoms with Crippen LogP contribution in [0.1, 0.15) is 10.4 Å². The van der Waals surface area contributed by atoms with Gasteiger partial charge in [-0.1, -0.05) is 23.7 Å². The first-order valence-electron chi connectivity index (χ1n) is 7.20. The Labute approximate surface area is 148 Å². The van der Waals surface area contributed by atoms with Crippen molar-refractivity contribution in [1.29, 1.82) is 0 Å². The van der Waals surface area contributed by atoms with E-state index in [1.54, 1.807) is 11.3 Å². The largest absolute Gasteiger partial charge is 0.295 e. The summed E-state index contributed by atoms with van der Waals surface area (Å²) in [6, 6.07) is 12.2. The lowest BCUT2D eigenvalue weighted by Crippen LogP contribution is -2.43. The van der Waals surface area contributed by atoms with Crippen molar-refractivity contribution in [3.8, 4) is 0 Å². The van der Waals surface area contributed by atoms with Crippen LogP contribution in [0.5, 0.6) is 0 Å². The van der Waals surface area contributed by atoms with E-state index in [-0.39, 0.29) is 0 Å². The normalized spacial score (nSPS) is 16.5. The van der Waals surface area contributed by atoms with Crippen molar-refractivity contribution in [1.82, 2.24) is 9.91 Å². The third-order valence-corrected chi connectivity index (χ3v) is 5.42. The maximum Gasteiger partial charge on any atom is 0.0705 e. The summed E-state index contributed by atoms with van der Waals surface area (Å²) >= 11 is 11.1. The Morgan fingerprint density at radius 2 is 1.82 bits per heavy atom. The average molecular weight is 399 g/mol. The third kappa shape index (κ3) is 4.56. The lowest BCUT2D eigenvalue weighted by atomic mass is 10.2. The van der Waals surface area contributed by atoms with Crippen molar-refractivity contribution < 1.29 is 0 Å². The predicted molar refractivity (Wildman–Crippen MR) is 97.9 cm³/mol. The number of hydrogen-bond donors (Lipinski definition) is 0. The summed E-state index contributed by atoms with van der Waals surface area (Å²) in [7, 11) is 0. The molecule has 0 unspecified atom stereocenters. The van der Waals surface area contributed by atoms with E-state index in [9.17, 15) is 0 Å². The van der Waals surface area contributed by atoms with Gasteiger partial charge in [-0.15, -0.1) is 11.3 Å². The van der Waals surface area contributed by atoms with Gasteiger partial charge in [-0.05, 0) is 45.8 Å². The van der Waals surface area contributed by atoms with Crippen molar-refractivity contribution in [3.63, 3.8) is 0 Å². The van der Waals surface area contributed by atoms with Gasteiger partial charge in [0.2, 0.25) is 0 Å². The number of hydrogen-bond acceptors (Lipinski definition) is 4. The number of rotatable bonds is 4. The zero-order chi connectivity index (χ0) is 15.4. The standard InChI is InChI=1S/C16H17BrClN3S/c17-16-6-5-15(22-16)11-19-21-9-7-20(8-10-21)12-13-1-3-14(18)4-2-13/h1-6,11H,7-10,12H2/b19-11+. The fourth-order valence-corrected chi connectivity index (χ4v) is 3.81. The molecule has 2 aromatic rings. The molecule has 1 aliphatic heterocycles. The summed E-state index contributed by atoms with van der Waals surface area (Å²) in [4.78, 5) is 3.63. The highest BCUT2D eigenvalue weighted by Crippen LogP contribution is 2.20. The monoisotopic (exact) mass is 397 g/mol. The van der Waals surface area contributed by atoms with E-state index in [1.807, 2.05) is 18.3 Å². The van der Waals surface area contributed by atoms with Crippen molar-refractivity contribution in [2.45, 2.75) is 6.54 Å². The molecule has 1 saturated heterocycles. The van der Waals surface area contributed by atoms with E-state index in [4.69, 9.17) is 11.6 Å².